The van der Waals surface area contributed by atoms with Crippen LogP contribution in [0.3, 0.4) is 0 Å². The van der Waals surface area contributed by atoms with E-state index < -0.39 is 0 Å². The molecule has 0 aromatic carbocycles. The highest BCUT2D eigenvalue weighted by atomic mass is 16.7. The molecule has 0 bridgehead atoms. The number of esters is 1. The molecule has 60 valence electrons. The molecule has 0 atom stereocenters. The molecule has 0 radical (unpaired) electrons. The molecular formula is C6H12O4. The summed E-state index contributed by atoms with van der Waals surface area (Å²) < 4.78 is 14.0. The first kappa shape index (κ1) is 9.39. The minimum atomic E-state index is -0.350. The number of hydrogen-bond acceptors (Lipinski definition) is 4. The first-order valence-electron chi connectivity index (χ1n) is 3.06. The fourth-order valence-corrected chi connectivity index (χ4v) is 0.301. The van der Waals surface area contributed by atoms with Gasteiger partial charge >= 0.3 is 5.97 Å². The lowest BCUT2D eigenvalue weighted by Crippen LogP contribution is -2.07. The van der Waals surface area contributed by atoms with Crippen molar-refractivity contribution in [3.05, 3.63) is 0 Å². The summed E-state index contributed by atoms with van der Waals surface area (Å²) in [6.45, 7) is 3.92. The summed E-state index contributed by atoms with van der Waals surface area (Å²) >= 11 is 0. The molecule has 0 fully saturated rings. The Hall–Kier alpha value is -0.610. The molecule has 0 N–H and O–H groups in total. The Bertz CT molecular complexity index is 91.7. The van der Waals surface area contributed by atoms with Gasteiger partial charge in [-0.3, -0.25) is 4.79 Å². The fourth-order valence-electron chi connectivity index (χ4n) is 0.301. The van der Waals surface area contributed by atoms with E-state index >= 15 is 0 Å². The van der Waals surface area contributed by atoms with Gasteiger partial charge in [0.15, 0.2) is 13.6 Å². The Balaban J connectivity index is 2.84. The maximum Gasteiger partial charge on any atom is 0.304 e. The van der Waals surface area contributed by atoms with Crippen molar-refractivity contribution in [3.8, 4) is 0 Å². The van der Waals surface area contributed by atoms with Gasteiger partial charge in [0.1, 0.15) is 0 Å². The Morgan fingerprint density at radius 3 is 2.50 bits per heavy atom. The van der Waals surface area contributed by atoms with Crippen LogP contribution >= 0.6 is 0 Å². The third-order valence-electron chi connectivity index (χ3n) is 0.716. The number of hydrogen-bond donors (Lipinski definition) is 0. The van der Waals surface area contributed by atoms with Crippen molar-refractivity contribution in [2.24, 2.45) is 0 Å². The lowest BCUT2D eigenvalue weighted by atomic mass is 10.8. The molecule has 0 saturated heterocycles. The van der Waals surface area contributed by atoms with Crippen LogP contribution in [-0.2, 0) is 19.0 Å². The molecule has 0 saturated carbocycles. The van der Waals surface area contributed by atoms with Gasteiger partial charge < -0.3 is 14.2 Å². The van der Waals surface area contributed by atoms with Gasteiger partial charge in [0.25, 0.3) is 0 Å². The normalized spacial score (nSPS) is 9.40. The first-order valence-corrected chi connectivity index (χ1v) is 3.06. The van der Waals surface area contributed by atoms with E-state index in [-0.39, 0.29) is 19.6 Å². The standard InChI is InChI=1S/C6H12O4/c1-3-8-4-9-5-10-6(2)7/h3-5H2,1-2H3. The largest absolute Gasteiger partial charge is 0.439 e. The topological polar surface area (TPSA) is 44.8 Å². The molecule has 0 rings (SSSR count). The number of carbonyl (C=O) groups is 1. The van der Waals surface area contributed by atoms with E-state index in [0.717, 1.165) is 0 Å². The van der Waals surface area contributed by atoms with Gasteiger partial charge in [0, 0.05) is 13.5 Å². The molecule has 0 aliphatic heterocycles. The predicted molar refractivity (Wildman–Crippen MR) is 34.2 cm³/mol. The summed E-state index contributed by atoms with van der Waals surface area (Å²) in [4.78, 5) is 10.1. The first-order chi connectivity index (χ1) is 4.77. The predicted octanol–water partition coefficient (Wildman–Crippen LogP) is 0.518. The molecule has 10 heavy (non-hydrogen) atoms. The average Bonchev–Trinajstić information content (AvgIpc) is 1.87. The summed E-state index contributed by atoms with van der Waals surface area (Å²) in [5, 5.41) is 0. The van der Waals surface area contributed by atoms with Gasteiger partial charge in [-0.2, -0.15) is 0 Å². The van der Waals surface area contributed by atoms with Crippen molar-refractivity contribution in [1.29, 1.82) is 0 Å². The summed E-state index contributed by atoms with van der Waals surface area (Å²) in [5.41, 5.74) is 0. The van der Waals surface area contributed by atoms with E-state index in [1.54, 1.807) is 0 Å². The van der Waals surface area contributed by atoms with Gasteiger partial charge in [0.2, 0.25) is 0 Å². The van der Waals surface area contributed by atoms with Crippen LogP contribution in [0.15, 0.2) is 0 Å². The zero-order valence-electron chi connectivity index (χ0n) is 6.25. The summed E-state index contributed by atoms with van der Waals surface area (Å²) in [6, 6.07) is 0. The second kappa shape index (κ2) is 6.51. The van der Waals surface area contributed by atoms with Gasteiger partial charge in [-0.1, -0.05) is 0 Å². The second-order valence-electron chi connectivity index (χ2n) is 1.57. The zero-order chi connectivity index (χ0) is 7.82. The molecule has 0 aliphatic carbocycles. The fraction of sp³-hybridized carbons (Fsp3) is 0.833. The third kappa shape index (κ3) is 7.39. The van der Waals surface area contributed by atoms with Crippen LogP contribution in [0.2, 0.25) is 0 Å². The van der Waals surface area contributed by atoms with E-state index in [4.69, 9.17) is 9.47 Å². The van der Waals surface area contributed by atoms with Crippen molar-refractivity contribution in [1.82, 2.24) is 0 Å². The molecule has 0 spiro atoms. The molecule has 0 amide bonds. The SMILES string of the molecule is CCOCOCOC(C)=O. The summed E-state index contributed by atoms with van der Waals surface area (Å²) in [7, 11) is 0. The Morgan fingerprint density at radius 2 is 2.00 bits per heavy atom. The smallest absolute Gasteiger partial charge is 0.304 e. The monoisotopic (exact) mass is 148 g/mol. The number of carbonyl (C=O) groups excluding carboxylic acids is 1. The van der Waals surface area contributed by atoms with Crippen LogP contribution < -0.4 is 0 Å². The van der Waals surface area contributed by atoms with Crippen molar-refractivity contribution >= 4 is 5.97 Å². The lowest BCUT2D eigenvalue weighted by Gasteiger charge is -2.02. The van der Waals surface area contributed by atoms with Crippen molar-refractivity contribution in [3.63, 3.8) is 0 Å². The third-order valence-corrected chi connectivity index (χ3v) is 0.716. The number of rotatable bonds is 5. The van der Waals surface area contributed by atoms with Gasteiger partial charge in [-0.15, -0.1) is 0 Å². The highest BCUT2D eigenvalue weighted by molar-refractivity contribution is 5.65. The molecule has 0 unspecified atom stereocenters. The van der Waals surface area contributed by atoms with E-state index in [1.807, 2.05) is 6.92 Å². The summed E-state index contributed by atoms with van der Waals surface area (Å²) in [5.74, 6) is -0.350. The van der Waals surface area contributed by atoms with Crippen molar-refractivity contribution in [2.75, 3.05) is 20.2 Å². The maximum atomic E-state index is 10.1. The van der Waals surface area contributed by atoms with Crippen LogP contribution in [0.5, 0.6) is 0 Å². The Kier molecular flexibility index (Phi) is 6.11. The highest BCUT2D eigenvalue weighted by Gasteiger charge is 1.90. The van der Waals surface area contributed by atoms with Crippen LogP contribution in [0.4, 0.5) is 0 Å². The van der Waals surface area contributed by atoms with Crippen LogP contribution in [0.1, 0.15) is 13.8 Å². The van der Waals surface area contributed by atoms with Crippen LogP contribution in [0.25, 0.3) is 0 Å². The lowest BCUT2D eigenvalue weighted by molar-refractivity contribution is -0.165. The maximum absolute atomic E-state index is 10.1. The minimum absolute atomic E-state index is 0.0324. The molecule has 4 nitrogen and oxygen atoms in total. The van der Waals surface area contributed by atoms with Gasteiger partial charge in [-0.05, 0) is 6.92 Å². The highest BCUT2D eigenvalue weighted by Crippen LogP contribution is 1.80. The van der Waals surface area contributed by atoms with E-state index in [0.29, 0.717) is 6.61 Å². The molecule has 0 aromatic rings. The van der Waals surface area contributed by atoms with E-state index in [9.17, 15) is 4.79 Å². The summed E-state index contributed by atoms with van der Waals surface area (Å²) in [6.07, 6.45) is 0. The molecule has 0 heterocycles. The van der Waals surface area contributed by atoms with E-state index in [1.165, 1.54) is 6.92 Å². The van der Waals surface area contributed by atoms with Gasteiger partial charge in [0.05, 0.1) is 0 Å². The molecular weight excluding hydrogens is 136 g/mol. The van der Waals surface area contributed by atoms with Crippen molar-refractivity contribution in [2.45, 2.75) is 13.8 Å². The zero-order valence-corrected chi connectivity index (χ0v) is 6.25. The molecule has 0 aromatic heterocycles. The Morgan fingerprint density at radius 1 is 1.30 bits per heavy atom. The second-order valence-corrected chi connectivity index (χ2v) is 1.57. The van der Waals surface area contributed by atoms with Crippen molar-refractivity contribution < 1.29 is 19.0 Å². The Labute approximate surface area is 60.1 Å². The van der Waals surface area contributed by atoms with Gasteiger partial charge in [-0.25, -0.2) is 0 Å². The quantitative estimate of drug-likeness (QED) is 0.324. The number of ether oxygens (including phenoxy) is 3. The average molecular weight is 148 g/mol. The van der Waals surface area contributed by atoms with E-state index in [2.05, 4.69) is 4.74 Å². The van der Waals surface area contributed by atoms with Crippen LogP contribution in [0, 0.1) is 0 Å². The molecule has 0 aliphatic rings. The minimum Gasteiger partial charge on any atom is -0.439 e. The molecule has 4 heteroatoms. The van der Waals surface area contributed by atoms with Crippen LogP contribution in [-0.4, -0.2) is 26.2 Å².